The van der Waals surface area contributed by atoms with Gasteiger partial charge in [-0.25, -0.2) is 9.78 Å². The van der Waals surface area contributed by atoms with Gasteiger partial charge in [0.2, 0.25) is 0 Å². The van der Waals surface area contributed by atoms with Crippen molar-refractivity contribution in [2.45, 2.75) is 42.8 Å². The minimum atomic E-state index is -5.08. The topological polar surface area (TPSA) is 170 Å². The number of pyridine rings is 1. The highest BCUT2D eigenvalue weighted by Gasteiger charge is 2.48. The van der Waals surface area contributed by atoms with Crippen LogP contribution in [0.1, 0.15) is 0 Å². The number of hydrogen-bond donors (Lipinski definition) is 5. The summed E-state index contributed by atoms with van der Waals surface area (Å²) >= 11 is 6.52. The summed E-state index contributed by atoms with van der Waals surface area (Å²) in [4.78, 5) is 23.0. The summed E-state index contributed by atoms with van der Waals surface area (Å²) in [6.07, 6.45) is -8.31. The molecule has 216 valence electrons. The number of anilines is 1. The molecule has 3 aromatic rings. The lowest BCUT2D eigenvalue weighted by Crippen LogP contribution is -2.34. The number of alkyl halides is 3. The number of aliphatic carboxylic acids is 1. The van der Waals surface area contributed by atoms with Crippen molar-refractivity contribution in [1.29, 1.82) is 0 Å². The number of carboxylic acids is 1. The highest BCUT2D eigenvalue weighted by molar-refractivity contribution is 6.33. The number of imidazole rings is 1. The Kier molecular flexibility index (Phi) is 7.78. The normalized spacial score (nSPS) is 27.9. The molecule has 6 rings (SSSR count). The molecule has 0 radical (unpaired) electrons. The van der Waals surface area contributed by atoms with E-state index in [0.29, 0.717) is 41.6 Å². The number of aliphatic hydroxyl groups excluding tert-OH is 3. The first-order chi connectivity index (χ1) is 18.9. The molecule has 6 atom stereocenters. The van der Waals surface area contributed by atoms with Crippen molar-refractivity contribution < 1.29 is 52.6 Å². The van der Waals surface area contributed by atoms with Gasteiger partial charge in [0.05, 0.1) is 41.7 Å². The van der Waals surface area contributed by atoms with Crippen molar-refractivity contribution in [2.24, 2.45) is 0 Å². The smallest absolute Gasteiger partial charge is 0.475 e. The number of nitrogens with zero attached hydrogens (tertiary/aromatic N) is 3. The molecular weight excluding hydrogens is 565 g/mol. The van der Waals surface area contributed by atoms with E-state index in [9.17, 15) is 28.5 Å². The number of carbonyl (C=O) groups is 1. The van der Waals surface area contributed by atoms with Gasteiger partial charge in [0.1, 0.15) is 18.3 Å². The number of aromatic nitrogens is 3. The van der Waals surface area contributed by atoms with Gasteiger partial charge < -0.3 is 44.5 Å². The largest absolute Gasteiger partial charge is 0.490 e. The fraction of sp³-hybridized carbons (Fsp3) is 0.458. The molecule has 1 aromatic carbocycles. The predicted molar refractivity (Wildman–Crippen MR) is 132 cm³/mol. The lowest BCUT2D eigenvalue weighted by Gasteiger charge is -2.18. The summed E-state index contributed by atoms with van der Waals surface area (Å²) in [6.45, 7) is 1.31. The number of rotatable bonds is 4. The number of hydrogen-bond acceptors (Lipinski definition) is 10. The van der Waals surface area contributed by atoms with Crippen LogP contribution in [0.15, 0.2) is 30.3 Å². The van der Waals surface area contributed by atoms with Gasteiger partial charge in [0.15, 0.2) is 11.8 Å². The van der Waals surface area contributed by atoms with Crippen molar-refractivity contribution in [2.75, 3.05) is 31.2 Å². The Hall–Kier alpha value is -3.21. The van der Waals surface area contributed by atoms with Crippen molar-refractivity contribution in [3.8, 4) is 17.3 Å². The maximum Gasteiger partial charge on any atom is 0.490 e. The number of fused-ring (bicyclic) bond motifs is 2. The highest BCUT2D eigenvalue weighted by atomic mass is 35.5. The van der Waals surface area contributed by atoms with Crippen molar-refractivity contribution in [3.63, 3.8) is 0 Å². The second-order valence-corrected chi connectivity index (χ2v) is 9.85. The maximum atomic E-state index is 10.6. The van der Waals surface area contributed by atoms with Crippen molar-refractivity contribution in [3.05, 3.63) is 35.4 Å². The van der Waals surface area contributed by atoms with Crippen LogP contribution in [-0.4, -0.2) is 110 Å². The number of β-amino-alcohol motifs (C(OH)–C–C–N with tert-alkyl or cyclic N) is 2. The van der Waals surface area contributed by atoms with Crippen LogP contribution in [0.5, 0.6) is 6.01 Å². The van der Waals surface area contributed by atoms with E-state index in [0.717, 1.165) is 11.3 Å². The number of ether oxygens (including phenoxy) is 3. The van der Waals surface area contributed by atoms with Gasteiger partial charge in [-0.2, -0.15) is 18.2 Å². The summed E-state index contributed by atoms with van der Waals surface area (Å²) in [6, 6.07) is 9.66. The number of aromatic amines is 1. The quantitative estimate of drug-likeness (QED) is 0.298. The van der Waals surface area contributed by atoms with Gasteiger partial charge >= 0.3 is 12.1 Å². The maximum absolute atomic E-state index is 10.6. The second-order valence-electron chi connectivity index (χ2n) is 9.44. The third kappa shape index (κ3) is 5.80. The van der Waals surface area contributed by atoms with Crippen LogP contribution in [0.2, 0.25) is 5.02 Å². The first-order valence-electron chi connectivity index (χ1n) is 12.1. The third-order valence-corrected chi connectivity index (χ3v) is 6.95. The summed E-state index contributed by atoms with van der Waals surface area (Å²) in [7, 11) is 0. The van der Waals surface area contributed by atoms with Crippen LogP contribution in [0.3, 0.4) is 0 Å². The number of halogens is 4. The molecule has 3 fully saturated rings. The number of H-pyrrole nitrogens is 1. The SMILES string of the molecule is O=C(O)C(F)(F)F.O[C@@H]1CO[C@H]2[C@@H]1OC[C@H]2Oc1nc2nc(-c3ccc(N4C[C@@H](O)[C@@H](O)C4)cc3)c(Cl)cc2[nH]1. The monoisotopic (exact) mass is 588 g/mol. The van der Waals surface area contributed by atoms with Gasteiger partial charge in [-0.05, 0) is 18.2 Å². The van der Waals surface area contributed by atoms with Crippen LogP contribution in [0, 0.1) is 0 Å². The minimum Gasteiger partial charge on any atom is -0.475 e. The number of benzene rings is 1. The number of aliphatic hydroxyl groups is 3. The molecule has 3 saturated heterocycles. The van der Waals surface area contributed by atoms with E-state index >= 15 is 0 Å². The van der Waals surface area contributed by atoms with Crippen LogP contribution >= 0.6 is 11.6 Å². The van der Waals surface area contributed by atoms with E-state index in [1.54, 1.807) is 6.07 Å². The summed E-state index contributed by atoms with van der Waals surface area (Å²) < 4.78 is 48.9. The van der Waals surface area contributed by atoms with Gasteiger partial charge in [-0.1, -0.05) is 23.7 Å². The first-order valence-corrected chi connectivity index (χ1v) is 12.4. The molecule has 5 heterocycles. The Labute approximate surface area is 228 Å². The summed E-state index contributed by atoms with van der Waals surface area (Å²) in [5.74, 6) is -2.76. The van der Waals surface area contributed by atoms with Gasteiger partial charge in [0.25, 0.3) is 6.01 Å². The number of carboxylic acid groups (broad SMARTS) is 1. The van der Waals surface area contributed by atoms with Gasteiger partial charge in [-0.3, -0.25) is 0 Å². The van der Waals surface area contributed by atoms with Crippen LogP contribution < -0.4 is 9.64 Å². The van der Waals surface area contributed by atoms with E-state index in [1.807, 2.05) is 29.2 Å². The average Bonchev–Trinajstić information content (AvgIpc) is 3.65. The molecule has 12 nitrogen and oxygen atoms in total. The minimum absolute atomic E-state index is 0.230. The van der Waals surface area contributed by atoms with E-state index < -0.39 is 30.5 Å². The van der Waals surface area contributed by atoms with E-state index in [1.165, 1.54) is 0 Å². The lowest BCUT2D eigenvalue weighted by molar-refractivity contribution is -0.192. The molecule has 5 N–H and O–H groups in total. The molecule has 0 saturated carbocycles. The molecule has 3 aliphatic rings. The molecule has 40 heavy (non-hydrogen) atoms. The molecule has 0 bridgehead atoms. The van der Waals surface area contributed by atoms with Gasteiger partial charge in [-0.15, -0.1) is 0 Å². The molecule has 2 aromatic heterocycles. The predicted octanol–water partition coefficient (Wildman–Crippen LogP) is 1.36. The van der Waals surface area contributed by atoms with Crippen molar-refractivity contribution >= 4 is 34.4 Å². The zero-order valence-electron chi connectivity index (χ0n) is 20.5. The second kappa shape index (κ2) is 11.0. The van der Waals surface area contributed by atoms with E-state index in [-0.39, 0.29) is 30.9 Å². The van der Waals surface area contributed by atoms with E-state index in [2.05, 4.69) is 15.0 Å². The molecule has 16 heteroatoms. The average molecular weight is 589 g/mol. The Morgan fingerprint density at radius 2 is 1.65 bits per heavy atom. The van der Waals surface area contributed by atoms with Crippen molar-refractivity contribution in [1.82, 2.24) is 15.0 Å². The Morgan fingerprint density at radius 1 is 1.02 bits per heavy atom. The standard InChI is InChI=1S/C22H23ClN4O6.C2HF3O2/c23-12-5-13-21(26-22(24-13)33-17-9-32-19-16(30)8-31-20(17)19)25-18(12)10-1-3-11(4-2-10)27-6-14(28)15(29)7-27;3-2(4,5)1(6)7/h1-5,14-17,19-20,28-30H,6-9H2,(H,24,25,26);(H,6,7)/t14-,15+,16-,17-,19-,20-;/m1./s1. The molecule has 0 unspecified atom stereocenters. The molecule has 0 amide bonds. The van der Waals surface area contributed by atoms with Crippen LogP contribution in [0.25, 0.3) is 22.4 Å². The highest BCUT2D eigenvalue weighted by Crippen LogP contribution is 2.33. The zero-order valence-corrected chi connectivity index (χ0v) is 21.2. The number of nitrogens with one attached hydrogen (secondary N) is 1. The Morgan fingerprint density at radius 3 is 2.27 bits per heavy atom. The van der Waals surface area contributed by atoms with Gasteiger partial charge in [0, 0.05) is 24.3 Å². The fourth-order valence-corrected chi connectivity index (χ4v) is 4.91. The fourth-order valence-electron chi connectivity index (χ4n) is 4.65. The molecule has 0 aliphatic carbocycles. The Balaban J connectivity index is 0.000000411. The summed E-state index contributed by atoms with van der Waals surface area (Å²) in [5.41, 5.74) is 3.40. The van der Waals surface area contributed by atoms with Crippen LogP contribution in [-0.2, 0) is 14.3 Å². The van der Waals surface area contributed by atoms with Crippen LogP contribution in [0.4, 0.5) is 18.9 Å². The zero-order chi connectivity index (χ0) is 28.8. The molecule has 3 aliphatic heterocycles. The molecular formula is C24H24ClF3N4O8. The molecule has 0 spiro atoms. The summed E-state index contributed by atoms with van der Waals surface area (Å²) in [5, 5.41) is 37.0. The first kappa shape index (κ1) is 28.3. The third-order valence-electron chi connectivity index (χ3n) is 6.66. The lowest BCUT2D eigenvalue weighted by atomic mass is 10.1. The Bertz CT molecular complexity index is 1360. The van der Waals surface area contributed by atoms with E-state index in [4.69, 9.17) is 35.7 Å².